The first kappa shape index (κ1) is 6.55. The predicted octanol–water partition coefficient (Wildman–Crippen LogP) is -0.401. The maximum atomic E-state index is 10.8. The number of aliphatic hydroxyl groups is 1. The van der Waals surface area contributed by atoms with Gasteiger partial charge in [0.25, 0.3) is 0 Å². The van der Waals surface area contributed by atoms with Gasteiger partial charge in [0, 0.05) is 20.0 Å². The van der Waals surface area contributed by atoms with Gasteiger partial charge in [0.05, 0.1) is 6.10 Å². The van der Waals surface area contributed by atoms with E-state index >= 15 is 0 Å². The van der Waals surface area contributed by atoms with Gasteiger partial charge >= 0.3 is 0 Å². The Morgan fingerprint density at radius 2 is 2.44 bits per heavy atom. The Balaban J connectivity index is 2.44. The number of nitrogens with zero attached hydrogens (tertiary/aromatic N) is 1. The second-order valence-electron chi connectivity index (χ2n) is 2.47. The Labute approximate surface area is 54.3 Å². The van der Waals surface area contributed by atoms with E-state index in [-0.39, 0.29) is 12.0 Å². The number of likely N-dealkylation sites (N-methyl/N-ethyl adjacent to an activating group) is 1. The van der Waals surface area contributed by atoms with Crippen molar-refractivity contribution in [1.82, 2.24) is 4.90 Å². The molecule has 0 bridgehead atoms. The van der Waals surface area contributed by atoms with Gasteiger partial charge in [-0.2, -0.15) is 0 Å². The molecular formula is C6H11NO2. The fourth-order valence-corrected chi connectivity index (χ4v) is 0.990. The molecule has 3 heteroatoms. The molecule has 0 aliphatic carbocycles. The van der Waals surface area contributed by atoms with Crippen LogP contribution in [0.2, 0.25) is 0 Å². The largest absolute Gasteiger partial charge is 0.391 e. The molecular weight excluding hydrogens is 118 g/mol. The lowest BCUT2D eigenvalue weighted by Crippen LogP contribution is -2.39. The third-order valence-corrected chi connectivity index (χ3v) is 1.60. The number of amides is 1. The molecule has 0 aromatic heterocycles. The van der Waals surface area contributed by atoms with Crippen LogP contribution in [0.25, 0.3) is 0 Å². The summed E-state index contributed by atoms with van der Waals surface area (Å²) in [6.45, 7) is 0.499. The Kier molecular flexibility index (Phi) is 1.71. The smallest absolute Gasteiger partial charge is 0.222 e. The summed E-state index contributed by atoms with van der Waals surface area (Å²) in [6, 6.07) is 0. The average molecular weight is 129 g/mol. The standard InChI is InChI=1S/C6H11NO2/c1-7-4-5(8)2-3-6(7)9/h5,8H,2-4H2,1H3/t5-/m0/s1. The fourth-order valence-electron chi connectivity index (χ4n) is 0.990. The predicted molar refractivity (Wildman–Crippen MR) is 32.9 cm³/mol. The number of hydrogen-bond donors (Lipinski definition) is 1. The second kappa shape index (κ2) is 2.35. The lowest BCUT2D eigenvalue weighted by molar-refractivity contribution is -0.134. The van der Waals surface area contributed by atoms with Crippen molar-refractivity contribution in [2.75, 3.05) is 13.6 Å². The van der Waals surface area contributed by atoms with E-state index in [9.17, 15) is 4.79 Å². The number of aliphatic hydroxyl groups excluding tert-OH is 1. The SMILES string of the molecule is CN1C[C@@H](O)CCC1=O. The summed E-state index contributed by atoms with van der Waals surface area (Å²) in [6.07, 6.45) is 0.827. The third-order valence-electron chi connectivity index (χ3n) is 1.60. The van der Waals surface area contributed by atoms with Crippen LogP contribution in [-0.4, -0.2) is 35.6 Å². The van der Waals surface area contributed by atoms with Gasteiger partial charge in [-0.1, -0.05) is 0 Å². The van der Waals surface area contributed by atoms with Crippen LogP contribution >= 0.6 is 0 Å². The van der Waals surface area contributed by atoms with Gasteiger partial charge in [-0.25, -0.2) is 0 Å². The van der Waals surface area contributed by atoms with E-state index in [0.717, 1.165) is 0 Å². The number of carbonyl (C=O) groups excluding carboxylic acids is 1. The van der Waals surface area contributed by atoms with Crippen LogP contribution in [0.15, 0.2) is 0 Å². The molecule has 0 aromatic carbocycles. The topological polar surface area (TPSA) is 40.5 Å². The monoisotopic (exact) mass is 129 g/mol. The van der Waals surface area contributed by atoms with Crippen molar-refractivity contribution in [1.29, 1.82) is 0 Å². The van der Waals surface area contributed by atoms with Crippen molar-refractivity contribution in [3.63, 3.8) is 0 Å². The first-order valence-corrected chi connectivity index (χ1v) is 3.12. The van der Waals surface area contributed by atoms with E-state index in [2.05, 4.69) is 0 Å². The maximum Gasteiger partial charge on any atom is 0.222 e. The summed E-state index contributed by atoms with van der Waals surface area (Å²) in [4.78, 5) is 12.3. The lowest BCUT2D eigenvalue weighted by atomic mass is 10.1. The minimum absolute atomic E-state index is 0.139. The lowest BCUT2D eigenvalue weighted by Gasteiger charge is -2.25. The Bertz CT molecular complexity index is 124. The first-order valence-electron chi connectivity index (χ1n) is 3.12. The molecule has 1 aliphatic rings. The highest BCUT2D eigenvalue weighted by molar-refractivity contribution is 5.76. The zero-order valence-corrected chi connectivity index (χ0v) is 5.50. The van der Waals surface area contributed by atoms with Crippen molar-refractivity contribution < 1.29 is 9.90 Å². The molecule has 1 aliphatic heterocycles. The highest BCUT2D eigenvalue weighted by atomic mass is 16.3. The number of likely N-dealkylation sites (tertiary alicyclic amines) is 1. The van der Waals surface area contributed by atoms with E-state index in [0.29, 0.717) is 19.4 Å². The summed E-state index contributed by atoms with van der Waals surface area (Å²) in [5.74, 6) is 0.139. The van der Waals surface area contributed by atoms with E-state index in [4.69, 9.17) is 5.11 Å². The number of carbonyl (C=O) groups is 1. The minimum Gasteiger partial charge on any atom is -0.391 e. The van der Waals surface area contributed by atoms with Gasteiger partial charge in [0.2, 0.25) is 5.91 Å². The van der Waals surface area contributed by atoms with Gasteiger partial charge in [0.1, 0.15) is 0 Å². The van der Waals surface area contributed by atoms with Crippen molar-refractivity contribution >= 4 is 5.91 Å². The van der Waals surface area contributed by atoms with Crippen LogP contribution in [0, 0.1) is 0 Å². The highest BCUT2D eigenvalue weighted by Crippen LogP contribution is 2.08. The van der Waals surface area contributed by atoms with Crippen molar-refractivity contribution in [2.24, 2.45) is 0 Å². The van der Waals surface area contributed by atoms with Crippen LogP contribution in [0.5, 0.6) is 0 Å². The molecule has 1 heterocycles. The summed E-state index contributed by atoms with van der Waals surface area (Å²) in [5, 5.41) is 9.00. The van der Waals surface area contributed by atoms with Gasteiger partial charge in [-0.05, 0) is 6.42 Å². The normalized spacial score (nSPS) is 28.9. The second-order valence-corrected chi connectivity index (χ2v) is 2.47. The van der Waals surface area contributed by atoms with E-state index in [1.165, 1.54) is 0 Å². The molecule has 1 fully saturated rings. The highest BCUT2D eigenvalue weighted by Gasteiger charge is 2.19. The molecule has 0 aromatic rings. The van der Waals surface area contributed by atoms with Gasteiger partial charge < -0.3 is 10.0 Å². The van der Waals surface area contributed by atoms with Crippen molar-refractivity contribution in [3.05, 3.63) is 0 Å². The molecule has 1 N–H and O–H groups in total. The Morgan fingerprint density at radius 1 is 1.78 bits per heavy atom. The molecule has 1 saturated heterocycles. The van der Waals surface area contributed by atoms with Crippen molar-refractivity contribution in [2.45, 2.75) is 18.9 Å². The Hall–Kier alpha value is -0.570. The first-order chi connectivity index (χ1) is 4.20. The number of rotatable bonds is 0. The number of β-amino-alcohol motifs (C(OH)–C–C–N with tert-alkyl or cyclic N) is 1. The summed E-state index contributed by atoms with van der Waals surface area (Å²) in [7, 11) is 1.71. The van der Waals surface area contributed by atoms with E-state index in [1.807, 2.05) is 0 Å². The van der Waals surface area contributed by atoms with Gasteiger partial charge in [-0.3, -0.25) is 4.79 Å². The fraction of sp³-hybridized carbons (Fsp3) is 0.833. The van der Waals surface area contributed by atoms with Gasteiger partial charge in [-0.15, -0.1) is 0 Å². The Morgan fingerprint density at radius 3 is 2.89 bits per heavy atom. The van der Waals surface area contributed by atoms with Gasteiger partial charge in [0.15, 0.2) is 0 Å². The van der Waals surface area contributed by atoms with E-state index in [1.54, 1.807) is 11.9 Å². The molecule has 0 radical (unpaired) electrons. The zero-order chi connectivity index (χ0) is 6.85. The van der Waals surface area contributed by atoms with Crippen LogP contribution in [-0.2, 0) is 4.79 Å². The molecule has 3 nitrogen and oxygen atoms in total. The third kappa shape index (κ3) is 1.42. The molecule has 52 valence electrons. The van der Waals surface area contributed by atoms with Crippen LogP contribution in [0.3, 0.4) is 0 Å². The minimum atomic E-state index is -0.298. The molecule has 1 rings (SSSR count). The summed E-state index contributed by atoms with van der Waals surface area (Å²) < 4.78 is 0. The zero-order valence-electron chi connectivity index (χ0n) is 5.50. The molecule has 0 spiro atoms. The molecule has 9 heavy (non-hydrogen) atoms. The number of hydrogen-bond acceptors (Lipinski definition) is 2. The summed E-state index contributed by atoms with van der Waals surface area (Å²) in [5.41, 5.74) is 0. The molecule has 1 atom stereocenters. The molecule has 1 amide bonds. The number of piperidine rings is 1. The van der Waals surface area contributed by atoms with Crippen LogP contribution in [0.1, 0.15) is 12.8 Å². The average Bonchev–Trinajstić information content (AvgIpc) is 1.80. The summed E-state index contributed by atoms with van der Waals surface area (Å²) >= 11 is 0. The molecule has 0 unspecified atom stereocenters. The maximum absolute atomic E-state index is 10.8. The quantitative estimate of drug-likeness (QED) is 0.483. The molecule has 0 saturated carbocycles. The van der Waals surface area contributed by atoms with Crippen molar-refractivity contribution in [3.8, 4) is 0 Å². The van der Waals surface area contributed by atoms with Crippen LogP contribution < -0.4 is 0 Å². The van der Waals surface area contributed by atoms with E-state index < -0.39 is 0 Å². The van der Waals surface area contributed by atoms with Crippen LogP contribution in [0.4, 0.5) is 0 Å².